The highest BCUT2D eigenvalue weighted by atomic mass is 16.5. The highest BCUT2D eigenvalue weighted by Gasteiger charge is 2.28. The van der Waals surface area contributed by atoms with E-state index in [0.29, 0.717) is 12.3 Å². The fourth-order valence-corrected chi connectivity index (χ4v) is 5.44. The molecule has 0 atom stereocenters. The number of unbranched alkanes of at least 4 members (excludes halogenated alkanes) is 1. The largest absolute Gasteiger partial charge is 0.484 e. The number of carbonyl (C=O) groups is 2. The van der Waals surface area contributed by atoms with Gasteiger partial charge >= 0.3 is 6.09 Å². The van der Waals surface area contributed by atoms with Crippen molar-refractivity contribution in [2.24, 2.45) is 5.73 Å². The summed E-state index contributed by atoms with van der Waals surface area (Å²) in [5, 5.41) is 3.08. The van der Waals surface area contributed by atoms with Crippen molar-refractivity contribution in [2.75, 3.05) is 37.5 Å². The second-order valence-electron chi connectivity index (χ2n) is 11.0. The summed E-state index contributed by atoms with van der Waals surface area (Å²) in [5.74, 6) is 0.423. The van der Waals surface area contributed by atoms with Crippen LogP contribution in [0.25, 0.3) is 11.1 Å². The fraction of sp³-hybridized carbons (Fsp3) is 0.412. The first kappa shape index (κ1) is 30.9. The van der Waals surface area contributed by atoms with Crippen LogP contribution in [-0.4, -0.2) is 56.3 Å². The summed E-state index contributed by atoms with van der Waals surface area (Å²) < 4.78 is 10.8. The number of nitrogens with two attached hydrogens (primary N) is 1. The summed E-state index contributed by atoms with van der Waals surface area (Å²) in [6.45, 7) is 3.41. The van der Waals surface area contributed by atoms with Gasteiger partial charge in [0.1, 0.15) is 5.75 Å². The summed E-state index contributed by atoms with van der Waals surface area (Å²) in [6.07, 6.45) is 5.37. The van der Waals surface area contributed by atoms with Gasteiger partial charge in [-0.2, -0.15) is 0 Å². The van der Waals surface area contributed by atoms with Crippen molar-refractivity contribution in [1.29, 1.82) is 0 Å². The zero-order chi connectivity index (χ0) is 29.9. The number of nitrogens with zero attached hydrogens (tertiary/aromatic N) is 2. The highest BCUT2D eigenvalue weighted by Crippen LogP contribution is 2.32. The van der Waals surface area contributed by atoms with Gasteiger partial charge in [-0.3, -0.25) is 4.79 Å². The van der Waals surface area contributed by atoms with Crippen LogP contribution in [-0.2, 0) is 16.1 Å². The van der Waals surface area contributed by atoms with Crippen molar-refractivity contribution < 1.29 is 19.1 Å². The Kier molecular flexibility index (Phi) is 11.2. The Morgan fingerprint density at radius 3 is 2.40 bits per heavy atom. The van der Waals surface area contributed by atoms with Crippen LogP contribution >= 0.6 is 0 Å². The van der Waals surface area contributed by atoms with E-state index in [9.17, 15) is 9.59 Å². The van der Waals surface area contributed by atoms with Gasteiger partial charge in [-0.25, -0.2) is 4.79 Å². The number of anilines is 2. The zero-order valence-corrected chi connectivity index (χ0v) is 25.1. The maximum atomic E-state index is 12.9. The predicted octanol–water partition coefficient (Wildman–Crippen LogP) is 6.45. The lowest BCUT2D eigenvalue weighted by Crippen LogP contribution is -2.43. The third kappa shape index (κ3) is 8.49. The van der Waals surface area contributed by atoms with Crippen molar-refractivity contribution in [3.05, 3.63) is 78.4 Å². The van der Waals surface area contributed by atoms with E-state index in [1.54, 1.807) is 0 Å². The summed E-state index contributed by atoms with van der Waals surface area (Å²) in [6, 6.07) is 24.0. The number of ether oxygens (including phenoxy) is 2. The molecule has 0 aliphatic heterocycles. The van der Waals surface area contributed by atoms with E-state index in [4.69, 9.17) is 15.2 Å². The molecule has 3 N–H and O–H groups in total. The molecule has 0 radical (unpaired) electrons. The lowest BCUT2D eigenvalue weighted by atomic mass is 9.90. The molecule has 4 rings (SSSR count). The number of nitrogens with one attached hydrogen (secondary N) is 1. The van der Waals surface area contributed by atoms with E-state index in [2.05, 4.69) is 35.3 Å². The van der Waals surface area contributed by atoms with Gasteiger partial charge in [-0.1, -0.05) is 55.8 Å². The van der Waals surface area contributed by atoms with Crippen LogP contribution in [0, 0.1) is 0 Å². The van der Waals surface area contributed by atoms with Crippen molar-refractivity contribution in [3.63, 3.8) is 0 Å². The van der Waals surface area contributed by atoms with Crippen LogP contribution in [0.3, 0.4) is 0 Å². The first-order valence-corrected chi connectivity index (χ1v) is 14.9. The van der Waals surface area contributed by atoms with Crippen molar-refractivity contribution in [3.8, 4) is 16.9 Å². The molecule has 8 heteroatoms. The van der Waals surface area contributed by atoms with Gasteiger partial charge in [0.25, 0.3) is 5.91 Å². The topological polar surface area (TPSA) is 97.1 Å². The monoisotopic (exact) mass is 572 g/mol. The van der Waals surface area contributed by atoms with Crippen LogP contribution in [0.2, 0.25) is 0 Å². The Labute approximate surface area is 249 Å². The fourth-order valence-electron chi connectivity index (χ4n) is 5.44. The van der Waals surface area contributed by atoms with E-state index in [-0.39, 0.29) is 30.7 Å². The van der Waals surface area contributed by atoms with Gasteiger partial charge in [0.15, 0.2) is 6.61 Å². The van der Waals surface area contributed by atoms with Gasteiger partial charge in [0.05, 0.1) is 18.5 Å². The molecule has 1 saturated carbocycles. The van der Waals surface area contributed by atoms with Crippen molar-refractivity contribution in [1.82, 2.24) is 4.90 Å². The molecule has 8 nitrogen and oxygen atoms in total. The molecule has 0 bridgehead atoms. The maximum Gasteiger partial charge on any atom is 0.410 e. The van der Waals surface area contributed by atoms with Crippen LogP contribution in [0.4, 0.5) is 16.2 Å². The third-order valence-electron chi connectivity index (χ3n) is 7.85. The molecule has 3 aromatic carbocycles. The van der Waals surface area contributed by atoms with Gasteiger partial charge in [0.2, 0.25) is 0 Å². The quantitative estimate of drug-likeness (QED) is 0.259. The Hall–Kier alpha value is -4.04. The molecule has 2 amide bonds. The van der Waals surface area contributed by atoms with Gasteiger partial charge in [-0.15, -0.1) is 0 Å². The molecule has 1 aliphatic rings. The molecule has 1 fully saturated rings. The molecule has 1 aliphatic carbocycles. The highest BCUT2D eigenvalue weighted by molar-refractivity contribution is 5.96. The number of benzene rings is 3. The van der Waals surface area contributed by atoms with Crippen LogP contribution in [0.15, 0.2) is 72.8 Å². The summed E-state index contributed by atoms with van der Waals surface area (Å²) in [7, 11) is 3.47. The lowest BCUT2D eigenvalue weighted by molar-refractivity contribution is -0.118. The van der Waals surface area contributed by atoms with Gasteiger partial charge < -0.3 is 30.3 Å². The minimum atomic E-state index is -0.317. The molecule has 3 aromatic rings. The van der Waals surface area contributed by atoms with Crippen LogP contribution in [0.5, 0.6) is 5.75 Å². The minimum absolute atomic E-state index is 0.0860. The van der Waals surface area contributed by atoms with Gasteiger partial charge in [0, 0.05) is 32.2 Å². The number of hydrogen-bond acceptors (Lipinski definition) is 6. The summed E-state index contributed by atoms with van der Waals surface area (Å²) in [5.41, 5.74) is 10.8. The lowest BCUT2D eigenvalue weighted by Gasteiger charge is -2.35. The average molecular weight is 573 g/mol. The van der Waals surface area contributed by atoms with Crippen LogP contribution < -0.4 is 20.7 Å². The number of carbonyl (C=O) groups excluding carboxylic acids is 2. The molecule has 0 saturated heterocycles. The maximum absolute atomic E-state index is 12.9. The first-order valence-electron chi connectivity index (χ1n) is 14.9. The molecule has 224 valence electrons. The van der Waals surface area contributed by atoms with E-state index in [1.165, 1.54) is 7.11 Å². The zero-order valence-electron chi connectivity index (χ0n) is 25.1. The van der Waals surface area contributed by atoms with E-state index in [0.717, 1.165) is 73.1 Å². The first-order chi connectivity index (χ1) is 20.4. The number of methoxy groups -OCH3 is 1. The molecule has 42 heavy (non-hydrogen) atoms. The van der Waals surface area contributed by atoms with Crippen molar-refractivity contribution in [2.45, 2.75) is 64.1 Å². The standard InChI is InChI=1S/C34H44N4O4/c1-4-5-20-37(2)32-19-14-27(22-31(32)36-33(39)24-42-30-12-7-6-8-13-30)26-11-9-10-25(21-26)23-38(34(40)41-3)29-17-15-28(35)16-18-29/h6-14,19,21-22,28-29H,4-5,15-18,20,23-24,35H2,1-3H3,(H,36,39). The Balaban J connectivity index is 1.55. The second kappa shape index (κ2) is 15.3. The van der Waals surface area contributed by atoms with Crippen LogP contribution in [0.1, 0.15) is 51.0 Å². The SMILES string of the molecule is CCCCN(C)c1ccc(-c2cccc(CN(C(=O)OC)C3CCC(N)CC3)c2)cc1NC(=O)COc1ccccc1. The minimum Gasteiger partial charge on any atom is -0.484 e. The average Bonchev–Trinajstić information content (AvgIpc) is 3.02. The summed E-state index contributed by atoms with van der Waals surface area (Å²) >= 11 is 0. The summed E-state index contributed by atoms with van der Waals surface area (Å²) in [4.78, 5) is 29.7. The Bertz CT molecular complexity index is 1310. The number of para-hydroxylation sites is 1. The smallest absolute Gasteiger partial charge is 0.410 e. The van der Waals surface area contributed by atoms with E-state index in [1.807, 2.05) is 66.5 Å². The molecule has 0 spiro atoms. The van der Waals surface area contributed by atoms with Gasteiger partial charge in [-0.05, 0) is 79.1 Å². The Morgan fingerprint density at radius 1 is 0.952 bits per heavy atom. The van der Waals surface area contributed by atoms with E-state index >= 15 is 0 Å². The molecule has 0 heterocycles. The van der Waals surface area contributed by atoms with E-state index < -0.39 is 0 Å². The number of hydrogen-bond donors (Lipinski definition) is 2. The molecule has 0 unspecified atom stereocenters. The third-order valence-corrected chi connectivity index (χ3v) is 7.85. The Morgan fingerprint density at radius 2 is 1.69 bits per heavy atom. The normalized spacial score (nSPS) is 16.4. The predicted molar refractivity (Wildman–Crippen MR) is 169 cm³/mol. The molecular weight excluding hydrogens is 528 g/mol. The number of rotatable bonds is 12. The molecular formula is C34H44N4O4. The molecule has 0 aromatic heterocycles. The number of amides is 2. The second-order valence-corrected chi connectivity index (χ2v) is 11.0. The van der Waals surface area contributed by atoms with Crippen molar-refractivity contribution >= 4 is 23.4 Å².